The molecule has 5 nitrogen and oxygen atoms in total. The second kappa shape index (κ2) is 8.01. The molecule has 0 aliphatic heterocycles. The minimum atomic E-state index is -1.25. The highest BCUT2D eigenvalue weighted by atomic mass is 35.5. The first-order valence-electron chi connectivity index (χ1n) is 9.45. The highest BCUT2D eigenvalue weighted by Gasteiger charge is 2.24. The molecule has 0 radical (unpaired) electrons. The molecule has 2 atom stereocenters. The van der Waals surface area contributed by atoms with Gasteiger partial charge in [-0.15, -0.1) is 0 Å². The summed E-state index contributed by atoms with van der Waals surface area (Å²) >= 11 is 6.37. The van der Waals surface area contributed by atoms with E-state index in [4.69, 9.17) is 16.6 Å². The molecule has 154 valence electrons. The number of rotatable bonds is 4. The number of aromatic nitrogens is 2. The van der Waals surface area contributed by atoms with Crippen LogP contribution in [0.15, 0.2) is 41.2 Å². The molecule has 29 heavy (non-hydrogen) atoms. The molecule has 0 aliphatic rings. The van der Waals surface area contributed by atoms with Crippen molar-refractivity contribution in [1.82, 2.24) is 14.3 Å². The first-order valence-corrected chi connectivity index (χ1v) is 11.0. The Bertz CT molecular complexity index is 1170. The molecule has 0 bridgehead atoms. The van der Waals surface area contributed by atoms with Crippen molar-refractivity contribution in [2.24, 2.45) is 7.05 Å². The average Bonchev–Trinajstić information content (AvgIpc) is 2.64. The summed E-state index contributed by atoms with van der Waals surface area (Å²) in [5.74, 6) is 0.502. The Hall–Kier alpha value is -2.02. The first-order chi connectivity index (χ1) is 13.5. The molecule has 3 aromatic rings. The average molecular weight is 432 g/mol. The van der Waals surface area contributed by atoms with Crippen LogP contribution >= 0.6 is 11.6 Å². The van der Waals surface area contributed by atoms with Crippen LogP contribution in [-0.4, -0.2) is 18.5 Å². The molecule has 3 rings (SSSR count). The van der Waals surface area contributed by atoms with Gasteiger partial charge in [0.15, 0.2) is 0 Å². The van der Waals surface area contributed by atoms with Crippen molar-refractivity contribution < 1.29 is 4.21 Å². The van der Waals surface area contributed by atoms with Crippen LogP contribution in [0.3, 0.4) is 0 Å². The number of hydrogen-bond donors (Lipinski definition) is 1. The van der Waals surface area contributed by atoms with E-state index in [2.05, 4.69) is 4.72 Å². The van der Waals surface area contributed by atoms with Gasteiger partial charge in [0, 0.05) is 18.7 Å². The Balaban J connectivity index is 2.25. The number of benzene rings is 2. The standard InChI is InChI=1S/C22H26ClN3O2S/c1-13-11-16(14(2)25-29(28)22(3,4)5)19-17(12-13)21(27)26(6)20(24-19)15-9-7-8-10-18(15)23/h7-12,14,25H,1-6H3/t14-,29?/m1/s1. The first kappa shape index (κ1) is 21.7. The van der Waals surface area contributed by atoms with E-state index in [1.165, 1.54) is 4.57 Å². The minimum Gasteiger partial charge on any atom is -0.295 e. The lowest BCUT2D eigenvalue weighted by Crippen LogP contribution is -2.35. The van der Waals surface area contributed by atoms with Gasteiger partial charge in [0.25, 0.3) is 5.56 Å². The van der Waals surface area contributed by atoms with Gasteiger partial charge in [-0.3, -0.25) is 9.36 Å². The van der Waals surface area contributed by atoms with Gasteiger partial charge in [0.1, 0.15) is 5.82 Å². The third kappa shape index (κ3) is 4.29. The van der Waals surface area contributed by atoms with Crippen LogP contribution in [-0.2, 0) is 18.0 Å². The van der Waals surface area contributed by atoms with Crippen molar-refractivity contribution >= 4 is 33.5 Å². The van der Waals surface area contributed by atoms with E-state index in [-0.39, 0.29) is 11.6 Å². The monoisotopic (exact) mass is 431 g/mol. The van der Waals surface area contributed by atoms with Crippen molar-refractivity contribution in [3.63, 3.8) is 0 Å². The summed E-state index contributed by atoms with van der Waals surface area (Å²) in [7, 11) is 0.446. The Labute approximate surface area is 178 Å². The van der Waals surface area contributed by atoms with E-state index in [1.54, 1.807) is 13.1 Å². The van der Waals surface area contributed by atoms with Crippen LogP contribution in [0.25, 0.3) is 22.3 Å². The lowest BCUT2D eigenvalue weighted by molar-refractivity contribution is 0.617. The lowest BCUT2D eigenvalue weighted by atomic mass is 10.0. The molecule has 1 N–H and O–H groups in total. The van der Waals surface area contributed by atoms with E-state index in [9.17, 15) is 9.00 Å². The predicted molar refractivity (Wildman–Crippen MR) is 122 cm³/mol. The Morgan fingerprint density at radius 3 is 2.48 bits per heavy atom. The smallest absolute Gasteiger partial charge is 0.261 e. The van der Waals surface area contributed by atoms with Crippen LogP contribution in [0.2, 0.25) is 5.02 Å². The van der Waals surface area contributed by atoms with E-state index in [0.717, 1.165) is 11.1 Å². The maximum Gasteiger partial charge on any atom is 0.261 e. The van der Waals surface area contributed by atoms with E-state index in [1.807, 2.05) is 65.0 Å². The van der Waals surface area contributed by atoms with Crippen LogP contribution in [0.1, 0.15) is 44.9 Å². The zero-order chi connectivity index (χ0) is 21.5. The molecule has 1 aromatic heterocycles. The van der Waals surface area contributed by atoms with Crippen molar-refractivity contribution in [2.45, 2.75) is 45.4 Å². The normalized spacial score (nSPS) is 14.2. The van der Waals surface area contributed by atoms with E-state index >= 15 is 0 Å². The molecule has 1 unspecified atom stereocenters. The van der Waals surface area contributed by atoms with E-state index in [0.29, 0.717) is 27.3 Å². The summed E-state index contributed by atoms with van der Waals surface area (Å²) in [6.07, 6.45) is 0. The number of halogens is 1. The number of fused-ring (bicyclic) bond motifs is 1. The SMILES string of the molecule is Cc1cc([C@@H](C)NS(=O)C(C)(C)C)c2nc(-c3ccccc3Cl)n(C)c(=O)c2c1. The molecule has 0 fully saturated rings. The second-order valence-corrected chi connectivity index (χ2v) is 10.7. The fourth-order valence-electron chi connectivity index (χ4n) is 3.17. The van der Waals surface area contributed by atoms with Gasteiger partial charge in [-0.1, -0.05) is 29.8 Å². The van der Waals surface area contributed by atoms with Gasteiger partial charge in [0.2, 0.25) is 0 Å². The summed E-state index contributed by atoms with van der Waals surface area (Å²) in [4.78, 5) is 18.0. The van der Waals surface area contributed by atoms with Crippen LogP contribution in [0.5, 0.6) is 0 Å². The predicted octanol–water partition coefficient (Wildman–Crippen LogP) is 4.68. The van der Waals surface area contributed by atoms with Crippen molar-refractivity contribution in [1.29, 1.82) is 0 Å². The Kier molecular flexibility index (Phi) is 5.99. The molecule has 0 spiro atoms. The van der Waals surface area contributed by atoms with Gasteiger partial charge in [-0.2, -0.15) is 0 Å². The largest absolute Gasteiger partial charge is 0.295 e. The molecule has 1 heterocycles. The third-order valence-electron chi connectivity index (χ3n) is 4.78. The maximum absolute atomic E-state index is 13.1. The fourth-order valence-corrected chi connectivity index (χ4v) is 4.19. The Morgan fingerprint density at radius 2 is 1.86 bits per heavy atom. The van der Waals surface area contributed by atoms with Crippen LogP contribution < -0.4 is 10.3 Å². The number of nitrogens with zero attached hydrogens (tertiary/aromatic N) is 2. The second-order valence-electron chi connectivity index (χ2n) is 8.25. The number of hydrogen-bond acceptors (Lipinski definition) is 3. The van der Waals surface area contributed by atoms with Crippen LogP contribution in [0.4, 0.5) is 0 Å². The van der Waals surface area contributed by atoms with Crippen molar-refractivity contribution in [3.8, 4) is 11.4 Å². The van der Waals surface area contributed by atoms with Crippen LogP contribution in [0, 0.1) is 6.92 Å². The summed E-state index contributed by atoms with van der Waals surface area (Å²) in [5.41, 5.74) is 2.94. The number of aryl methyl sites for hydroxylation is 1. The summed E-state index contributed by atoms with van der Waals surface area (Å²) in [6.45, 7) is 9.63. The lowest BCUT2D eigenvalue weighted by Gasteiger charge is -2.23. The fraction of sp³-hybridized carbons (Fsp3) is 0.364. The molecule has 0 saturated carbocycles. The van der Waals surface area contributed by atoms with Gasteiger partial charge in [-0.05, 0) is 63.9 Å². The third-order valence-corrected chi connectivity index (χ3v) is 6.79. The summed E-state index contributed by atoms with van der Waals surface area (Å²) < 4.78 is 16.9. The van der Waals surface area contributed by atoms with Gasteiger partial charge >= 0.3 is 0 Å². The summed E-state index contributed by atoms with van der Waals surface area (Å²) in [6, 6.07) is 10.9. The highest BCUT2D eigenvalue weighted by molar-refractivity contribution is 7.84. The molecule has 0 amide bonds. The molecular formula is C22H26ClN3O2S. The molecular weight excluding hydrogens is 406 g/mol. The Morgan fingerprint density at radius 1 is 1.21 bits per heavy atom. The van der Waals surface area contributed by atoms with Crippen molar-refractivity contribution in [2.75, 3.05) is 0 Å². The van der Waals surface area contributed by atoms with E-state index < -0.39 is 15.7 Å². The zero-order valence-corrected chi connectivity index (χ0v) is 19.1. The maximum atomic E-state index is 13.1. The topological polar surface area (TPSA) is 64.0 Å². The zero-order valence-electron chi connectivity index (χ0n) is 17.5. The molecule has 7 heteroatoms. The number of nitrogens with one attached hydrogen (secondary N) is 1. The molecule has 2 aromatic carbocycles. The molecule has 0 aliphatic carbocycles. The van der Waals surface area contributed by atoms with Gasteiger partial charge in [-0.25, -0.2) is 13.9 Å². The molecule has 0 saturated heterocycles. The quantitative estimate of drug-likeness (QED) is 0.652. The van der Waals surface area contributed by atoms with Gasteiger partial charge < -0.3 is 0 Å². The summed E-state index contributed by atoms with van der Waals surface area (Å²) in [5, 5.41) is 1.07. The minimum absolute atomic E-state index is 0.140. The van der Waals surface area contributed by atoms with Gasteiger partial charge in [0.05, 0.1) is 31.7 Å². The van der Waals surface area contributed by atoms with Crippen molar-refractivity contribution in [3.05, 3.63) is 62.9 Å². The highest BCUT2D eigenvalue weighted by Crippen LogP contribution is 2.29.